The van der Waals surface area contributed by atoms with Crippen LogP contribution in [0.4, 0.5) is 5.69 Å². The Morgan fingerprint density at radius 1 is 0.889 bits per heavy atom. The summed E-state index contributed by atoms with van der Waals surface area (Å²) in [7, 11) is 0. The van der Waals surface area contributed by atoms with Crippen molar-refractivity contribution in [1.82, 2.24) is 14.9 Å². The average Bonchev–Trinajstić information content (AvgIpc) is 2.97. The summed E-state index contributed by atoms with van der Waals surface area (Å²) in [5, 5.41) is 11.4. The highest BCUT2D eigenvalue weighted by atomic mass is 16.4. The summed E-state index contributed by atoms with van der Waals surface area (Å²) in [5.74, 6) is -1.71. The SMILES string of the molecule is O=C(O)c1cnc(C(=O)Nc2ccc(C(=O)N3CCCCCC3)cc2)cn1. The highest BCUT2D eigenvalue weighted by molar-refractivity contribution is 6.03. The van der Waals surface area contributed by atoms with Gasteiger partial charge in [-0.3, -0.25) is 9.59 Å². The van der Waals surface area contributed by atoms with Gasteiger partial charge >= 0.3 is 5.97 Å². The first-order valence-electron chi connectivity index (χ1n) is 8.80. The van der Waals surface area contributed by atoms with Crippen LogP contribution in [0.15, 0.2) is 36.7 Å². The lowest BCUT2D eigenvalue weighted by Gasteiger charge is -2.20. The second-order valence-corrected chi connectivity index (χ2v) is 6.33. The zero-order valence-electron chi connectivity index (χ0n) is 14.7. The molecule has 2 amide bonds. The van der Waals surface area contributed by atoms with E-state index in [2.05, 4.69) is 15.3 Å². The van der Waals surface area contributed by atoms with Crippen LogP contribution < -0.4 is 5.32 Å². The number of carbonyl (C=O) groups is 3. The second kappa shape index (κ2) is 8.39. The Hall–Kier alpha value is -3.29. The molecule has 8 nitrogen and oxygen atoms in total. The van der Waals surface area contributed by atoms with Crippen LogP contribution in [0, 0.1) is 0 Å². The van der Waals surface area contributed by atoms with Gasteiger partial charge in [-0.1, -0.05) is 12.8 Å². The van der Waals surface area contributed by atoms with E-state index in [9.17, 15) is 14.4 Å². The van der Waals surface area contributed by atoms with Crippen LogP contribution in [-0.4, -0.2) is 50.8 Å². The van der Waals surface area contributed by atoms with Crippen molar-refractivity contribution in [1.29, 1.82) is 0 Å². The molecule has 2 aromatic rings. The van der Waals surface area contributed by atoms with Gasteiger partial charge < -0.3 is 15.3 Å². The minimum absolute atomic E-state index is 0.00437. The molecule has 1 aromatic heterocycles. The first kappa shape index (κ1) is 18.5. The number of rotatable bonds is 4. The van der Waals surface area contributed by atoms with Crippen LogP contribution in [0.5, 0.6) is 0 Å². The molecular weight excluding hydrogens is 348 g/mol. The monoisotopic (exact) mass is 368 g/mol. The van der Waals surface area contributed by atoms with Gasteiger partial charge in [0.05, 0.1) is 12.4 Å². The number of nitrogens with one attached hydrogen (secondary N) is 1. The number of nitrogens with zero attached hydrogens (tertiary/aromatic N) is 3. The summed E-state index contributed by atoms with van der Waals surface area (Å²) in [4.78, 5) is 44.8. The van der Waals surface area contributed by atoms with Crippen molar-refractivity contribution in [2.75, 3.05) is 18.4 Å². The summed E-state index contributed by atoms with van der Waals surface area (Å²) in [5.41, 5.74) is 0.865. The fourth-order valence-corrected chi connectivity index (χ4v) is 2.90. The van der Waals surface area contributed by atoms with E-state index in [1.165, 1.54) is 0 Å². The molecule has 1 aliphatic rings. The lowest BCUT2D eigenvalue weighted by molar-refractivity contribution is 0.0688. The normalized spacial score (nSPS) is 14.3. The molecule has 1 fully saturated rings. The van der Waals surface area contributed by atoms with E-state index in [-0.39, 0.29) is 17.3 Å². The summed E-state index contributed by atoms with van der Waals surface area (Å²) in [6, 6.07) is 6.67. The van der Waals surface area contributed by atoms with E-state index in [1.54, 1.807) is 24.3 Å². The fourth-order valence-electron chi connectivity index (χ4n) is 2.90. The molecule has 2 heterocycles. The predicted molar refractivity (Wildman–Crippen MR) is 97.8 cm³/mol. The summed E-state index contributed by atoms with van der Waals surface area (Å²) in [6.45, 7) is 1.56. The molecular formula is C19H20N4O4. The number of benzene rings is 1. The molecule has 1 aliphatic heterocycles. The molecule has 3 rings (SSSR count). The van der Waals surface area contributed by atoms with Crippen molar-refractivity contribution in [3.63, 3.8) is 0 Å². The number of carboxylic acids is 1. The number of aromatic nitrogens is 2. The van der Waals surface area contributed by atoms with Gasteiger partial charge in [0, 0.05) is 24.3 Å². The third kappa shape index (κ3) is 4.66. The van der Waals surface area contributed by atoms with Gasteiger partial charge in [-0.25, -0.2) is 14.8 Å². The van der Waals surface area contributed by atoms with Gasteiger partial charge in [0.1, 0.15) is 5.69 Å². The second-order valence-electron chi connectivity index (χ2n) is 6.33. The molecule has 8 heteroatoms. The van der Waals surface area contributed by atoms with Crippen molar-refractivity contribution in [3.05, 3.63) is 53.6 Å². The average molecular weight is 368 g/mol. The van der Waals surface area contributed by atoms with Gasteiger partial charge in [-0.05, 0) is 37.1 Å². The molecule has 1 saturated heterocycles. The van der Waals surface area contributed by atoms with Crippen LogP contribution in [0.1, 0.15) is 57.0 Å². The molecule has 0 unspecified atom stereocenters. The number of hydrogen-bond acceptors (Lipinski definition) is 5. The van der Waals surface area contributed by atoms with Crippen LogP contribution in [0.2, 0.25) is 0 Å². The molecule has 2 N–H and O–H groups in total. The molecule has 1 aromatic carbocycles. The van der Waals surface area contributed by atoms with E-state index in [4.69, 9.17) is 5.11 Å². The number of hydrogen-bond donors (Lipinski definition) is 2. The molecule has 0 saturated carbocycles. The third-order valence-electron chi connectivity index (χ3n) is 4.39. The maximum absolute atomic E-state index is 12.6. The topological polar surface area (TPSA) is 112 Å². The molecule has 0 aliphatic carbocycles. The third-order valence-corrected chi connectivity index (χ3v) is 4.39. The van der Waals surface area contributed by atoms with Gasteiger partial charge in [-0.15, -0.1) is 0 Å². The molecule has 0 spiro atoms. The number of carbonyl (C=O) groups excluding carboxylic acids is 2. The van der Waals surface area contributed by atoms with E-state index >= 15 is 0 Å². The summed E-state index contributed by atoms with van der Waals surface area (Å²) >= 11 is 0. The van der Waals surface area contributed by atoms with E-state index in [1.807, 2.05) is 4.90 Å². The quantitative estimate of drug-likeness (QED) is 0.857. The predicted octanol–water partition coefficient (Wildman–Crippen LogP) is 2.44. The number of likely N-dealkylation sites (tertiary alicyclic amines) is 1. The molecule has 27 heavy (non-hydrogen) atoms. The summed E-state index contributed by atoms with van der Waals surface area (Å²) in [6.07, 6.45) is 6.51. The maximum Gasteiger partial charge on any atom is 0.356 e. The first-order chi connectivity index (χ1) is 13.0. The highest BCUT2D eigenvalue weighted by Crippen LogP contribution is 2.16. The smallest absolute Gasteiger partial charge is 0.356 e. The van der Waals surface area contributed by atoms with E-state index in [0.29, 0.717) is 11.3 Å². The van der Waals surface area contributed by atoms with Gasteiger partial charge in [0.2, 0.25) is 0 Å². The van der Waals surface area contributed by atoms with Crippen molar-refractivity contribution in [3.8, 4) is 0 Å². The lowest BCUT2D eigenvalue weighted by atomic mass is 10.1. The van der Waals surface area contributed by atoms with Crippen LogP contribution in [0.25, 0.3) is 0 Å². The Morgan fingerprint density at radius 2 is 1.48 bits per heavy atom. The Morgan fingerprint density at radius 3 is 2.04 bits per heavy atom. The maximum atomic E-state index is 12.6. The van der Waals surface area contributed by atoms with E-state index < -0.39 is 11.9 Å². The molecule has 140 valence electrons. The first-order valence-corrected chi connectivity index (χ1v) is 8.80. The van der Waals surface area contributed by atoms with Crippen LogP contribution in [0.3, 0.4) is 0 Å². The Labute approximate surface area is 156 Å². The highest BCUT2D eigenvalue weighted by Gasteiger charge is 2.17. The van der Waals surface area contributed by atoms with Crippen molar-refractivity contribution < 1.29 is 19.5 Å². The number of carboxylic acid groups (broad SMARTS) is 1. The number of aromatic carboxylic acids is 1. The molecule has 0 bridgehead atoms. The minimum Gasteiger partial charge on any atom is -0.476 e. The van der Waals surface area contributed by atoms with Gasteiger partial charge in [-0.2, -0.15) is 0 Å². The lowest BCUT2D eigenvalue weighted by Crippen LogP contribution is -2.31. The van der Waals surface area contributed by atoms with Crippen molar-refractivity contribution in [2.24, 2.45) is 0 Å². The Kier molecular flexibility index (Phi) is 5.75. The molecule has 0 atom stereocenters. The summed E-state index contributed by atoms with van der Waals surface area (Å²) < 4.78 is 0. The van der Waals surface area contributed by atoms with Gasteiger partial charge in [0.25, 0.3) is 11.8 Å². The van der Waals surface area contributed by atoms with Crippen molar-refractivity contribution >= 4 is 23.5 Å². The fraction of sp³-hybridized carbons (Fsp3) is 0.316. The molecule has 0 radical (unpaired) electrons. The standard InChI is InChI=1S/C19H20N4O4/c24-17(15-11-21-16(12-20-15)19(26)27)22-14-7-5-13(6-8-14)18(25)23-9-3-1-2-4-10-23/h5-8,11-12H,1-4,9-10H2,(H,22,24)(H,26,27). The van der Waals surface area contributed by atoms with E-state index in [0.717, 1.165) is 51.2 Å². The Bertz CT molecular complexity index is 826. The van der Waals surface area contributed by atoms with Gasteiger partial charge in [0.15, 0.2) is 5.69 Å². The minimum atomic E-state index is -1.21. The zero-order valence-corrected chi connectivity index (χ0v) is 14.7. The van der Waals surface area contributed by atoms with Crippen LogP contribution >= 0.6 is 0 Å². The zero-order chi connectivity index (χ0) is 19.2. The number of amides is 2. The van der Waals surface area contributed by atoms with Crippen molar-refractivity contribution in [2.45, 2.75) is 25.7 Å². The van der Waals surface area contributed by atoms with Crippen LogP contribution in [-0.2, 0) is 0 Å². The largest absolute Gasteiger partial charge is 0.476 e. The number of anilines is 1. The Balaban J connectivity index is 1.63.